The van der Waals surface area contributed by atoms with Gasteiger partial charge in [-0.1, -0.05) is 30.3 Å². The molecule has 27 heavy (non-hydrogen) atoms. The average molecular weight is 359 g/mol. The van der Waals surface area contributed by atoms with Crippen LogP contribution in [0, 0.1) is 0 Å². The van der Waals surface area contributed by atoms with Crippen molar-refractivity contribution in [2.45, 2.75) is 26.1 Å². The van der Waals surface area contributed by atoms with Crippen LogP contribution in [-0.4, -0.2) is 29.9 Å². The van der Waals surface area contributed by atoms with Gasteiger partial charge < -0.3 is 5.32 Å². The van der Waals surface area contributed by atoms with E-state index in [1.165, 1.54) is 11.9 Å². The molecule has 1 aromatic carbocycles. The summed E-state index contributed by atoms with van der Waals surface area (Å²) in [6.45, 7) is 3.45. The van der Waals surface area contributed by atoms with Crippen molar-refractivity contribution in [2.75, 3.05) is 0 Å². The van der Waals surface area contributed by atoms with Gasteiger partial charge in [-0.25, -0.2) is 4.98 Å². The second-order valence-electron chi connectivity index (χ2n) is 6.40. The summed E-state index contributed by atoms with van der Waals surface area (Å²) < 4.78 is 1.98. The standard InChI is InChI=1S/C20H21N7/c1-15(20-23-14-24-25-20)22-11-18-13-27(12-16-6-3-2-4-7-16)26-19(18)17-8-5-9-21-10-17/h2-10,13-15,22H,11-12H2,1H3,(H,23,24,25)/t15-/m1/s1. The Bertz CT molecular complexity index is 962. The molecular weight excluding hydrogens is 338 g/mol. The predicted octanol–water partition coefficient (Wildman–Crippen LogP) is 2.96. The molecule has 0 bridgehead atoms. The van der Waals surface area contributed by atoms with Gasteiger partial charge in [0.25, 0.3) is 0 Å². The fourth-order valence-electron chi connectivity index (χ4n) is 2.97. The van der Waals surface area contributed by atoms with E-state index in [0.29, 0.717) is 6.54 Å². The zero-order chi connectivity index (χ0) is 18.5. The van der Waals surface area contributed by atoms with E-state index in [2.05, 4.69) is 50.7 Å². The number of rotatable bonds is 7. The molecule has 4 aromatic rings. The summed E-state index contributed by atoms with van der Waals surface area (Å²) in [6, 6.07) is 14.3. The second kappa shape index (κ2) is 7.92. The Hall–Kier alpha value is -3.32. The molecule has 2 N–H and O–H groups in total. The highest BCUT2D eigenvalue weighted by Crippen LogP contribution is 2.22. The van der Waals surface area contributed by atoms with E-state index in [-0.39, 0.29) is 6.04 Å². The molecule has 0 amide bonds. The molecule has 0 aliphatic rings. The van der Waals surface area contributed by atoms with Crippen LogP contribution in [0.2, 0.25) is 0 Å². The van der Waals surface area contributed by atoms with Crippen molar-refractivity contribution < 1.29 is 0 Å². The first kappa shape index (κ1) is 17.1. The van der Waals surface area contributed by atoms with Gasteiger partial charge in [-0.15, -0.1) is 0 Å². The monoisotopic (exact) mass is 359 g/mol. The van der Waals surface area contributed by atoms with E-state index in [1.807, 2.05) is 41.2 Å². The highest BCUT2D eigenvalue weighted by Gasteiger charge is 2.14. The maximum atomic E-state index is 4.82. The number of hydrogen-bond donors (Lipinski definition) is 2. The summed E-state index contributed by atoms with van der Waals surface area (Å²) in [6.07, 6.45) is 7.23. The highest BCUT2D eigenvalue weighted by atomic mass is 15.3. The molecule has 4 rings (SSSR count). The van der Waals surface area contributed by atoms with Gasteiger partial charge in [0.15, 0.2) is 0 Å². The minimum absolute atomic E-state index is 0.0618. The first-order valence-electron chi connectivity index (χ1n) is 8.89. The van der Waals surface area contributed by atoms with Gasteiger partial charge in [-0.2, -0.15) is 10.2 Å². The molecule has 0 saturated carbocycles. The van der Waals surface area contributed by atoms with Gasteiger partial charge in [-0.3, -0.25) is 14.8 Å². The Kier molecular flexibility index (Phi) is 5.02. The lowest BCUT2D eigenvalue weighted by atomic mass is 10.1. The van der Waals surface area contributed by atoms with Gasteiger partial charge in [0, 0.05) is 36.3 Å². The molecule has 1 atom stereocenters. The van der Waals surface area contributed by atoms with Crippen LogP contribution in [0.3, 0.4) is 0 Å². The fraction of sp³-hybridized carbons (Fsp3) is 0.200. The molecule has 7 heteroatoms. The zero-order valence-corrected chi connectivity index (χ0v) is 15.1. The number of hydrogen-bond acceptors (Lipinski definition) is 5. The van der Waals surface area contributed by atoms with Crippen molar-refractivity contribution in [3.05, 3.63) is 84.3 Å². The van der Waals surface area contributed by atoms with E-state index in [1.54, 1.807) is 6.20 Å². The van der Waals surface area contributed by atoms with Crippen LogP contribution in [0.5, 0.6) is 0 Å². The lowest BCUT2D eigenvalue weighted by Crippen LogP contribution is -2.19. The van der Waals surface area contributed by atoms with Gasteiger partial charge in [0.2, 0.25) is 0 Å². The van der Waals surface area contributed by atoms with Crippen LogP contribution in [0.1, 0.15) is 29.9 Å². The largest absolute Gasteiger partial charge is 0.303 e. The van der Waals surface area contributed by atoms with Crippen LogP contribution >= 0.6 is 0 Å². The molecule has 0 aliphatic heterocycles. The van der Waals surface area contributed by atoms with Gasteiger partial charge in [-0.05, 0) is 24.6 Å². The Morgan fingerprint density at radius 1 is 1.15 bits per heavy atom. The number of pyridine rings is 1. The summed E-state index contributed by atoms with van der Waals surface area (Å²) in [5, 5.41) is 15.1. The molecular formula is C20H21N7. The molecule has 0 spiro atoms. The third-order valence-electron chi connectivity index (χ3n) is 4.40. The van der Waals surface area contributed by atoms with E-state index < -0.39 is 0 Å². The van der Waals surface area contributed by atoms with Gasteiger partial charge in [0.1, 0.15) is 12.2 Å². The van der Waals surface area contributed by atoms with Crippen LogP contribution < -0.4 is 5.32 Å². The molecule has 0 aliphatic carbocycles. The summed E-state index contributed by atoms with van der Waals surface area (Å²) in [7, 11) is 0. The molecule has 0 fully saturated rings. The Balaban J connectivity index is 1.58. The molecule has 0 saturated heterocycles. The van der Waals surface area contributed by atoms with Crippen molar-refractivity contribution in [1.29, 1.82) is 0 Å². The number of aromatic amines is 1. The molecule has 7 nitrogen and oxygen atoms in total. The summed E-state index contributed by atoms with van der Waals surface area (Å²) in [5.74, 6) is 0.814. The van der Waals surface area contributed by atoms with E-state index in [4.69, 9.17) is 5.10 Å². The maximum Gasteiger partial charge on any atom is 0.141 e. The smallest absolute Gasteiger partial charge is 0.141 e. The van der Waals surface area contributed by atoms with Crippen LogP contribution in [0.25, 0.3) is 11.3 Å². The Labute approximate surface area is 157 Å². The third kappa shape index (κ3) is 4.09. The first-order chi connectivity index (χ1) is 13.3. The lowest BCUT2D eigenvalue weighted by molar-refractivity contribution is 0.548. The number of H-pyrrole nitrogens is 1. The fourth-order valence-corrected chi connectivity index (χ4v) is 2.97. The van der Waals surface area contributed by atoms with E-state index in [9.17, 15) is 0 Å². The number of aromatic nitrogens is 6. The van der Waals surface area contributed by atoms with E-state index in [0.717, 1.165) is 29.2 Å². The minimum atomic E-state index is 0.0618. The van der Waals surface area contributed by atoms with Crippen molar-refractivity contribution in [2.24, 2.45) is 0 Å². The van der Waals surface area contributed by atoms with Gasteiger partial charge in [0.05, 0.1) is 18.3 Å². The summed E-state index contributed by atoms with van der Waals surface area (Å²) in [5.41, 5.74) is 4.28. The SMILES string of the molecule is C[C@@H](NCc1cn(Cc2ccccc2)nc1-c1cccnc1)c1ncn[nH]1. The van der Waals surface area contributed by atoms with Gasteiger partial charge >= 0.3 is 0 Å². The highest BCUT2D eigenvalue weighted by molar-refractivity contribution is 5.61. The minimum Gasteiger partial charge on any atom is -0.303 e. The Morgan fingerprint density at radius 2 is 2.04 bits per heavy atom. The molecule has 136 valence electrons. The first-order valence-corrected chi connectivity index (χ1v) is 8.89. The van der Waals surface area contributed by atoms with Crippen LogP contribution in [-0.2, 0) is 13.1 Å². The average Bonchev–Trinajstić information content (AvgIpc) is 3.38. The van der Waals surface area contributed by atoms with Crippen LogP contribution in [0.15, 0.2) is 67.4 Å². The summed E-state index contributed by atoms with van der Waals surface area (Å²) >= 11 is 0. The summed E-state index contributed by atoms with van der Waals surface area (Å²) in [4.78, 5) is 8.45. The number of benzene rings is 1. The van der Waals surface area contributed by atoms with E-state index >= 15 is 0 Å². The van der Waals surface area contributed by atoms with Crippen molar-refractivity contribution >= 4 is 0 Å². The second-order valence-corrected chi connectivity index (χ2v) is 6.40. The topological polar surface area (TPSA) is 84.3 Å². The van der Waals surface area contributed by atoms with Crippen LogP contribution in [0.4, 0.5) is 0 Å². The normalized spacial score (nSPS) is 12.2. The predicted molar refractivity (Wildman–Crippen MR) is 103 cm³/mol. The van der Waals surface area contributed by atoms with Crippen molar-refractivity contribution in [3.8, 4) is 11.3 Å². The van der Waals surface area contributed by atoms with Crippen molar-refractivity contribution in [1.82, 2.24) is 35.3 Å². The quantitative estimate of drug-likeness (QED) is 0.530. The zero-order valence-electron chi connectivity index (χ0n) is 15.1. The van der Waals surface area contributed by atoms with Crippen molar-refractivity contribution in [3.63, 3.8) is 0 Å². The maximum absolute atomic E-state index is 4.82. The molecule has 3 aromatic heterocycles. The number of nitrogens with zero attached hydrogens (tertiary/aromatic N) is 5. The Morgan fingerprint density at radius 3 is 2.78 bits per heavy atom. The third-order valence-corrected chi connectivity index (χ3v) is 4.40. The molecule has 0 unspecified atom stereocenters. The number of nitrogens with one attached hydrogen (secondary N) is 2. The lowest BCUT2D eigenvalue weighted by Gasteiger charge is -2.10. The molecule has 3 heterocycles. The molecule has 0 radical (unpaired) electrons.